The molecule has 0 heterocycles. The number of hydrogen-bond donors (Lipinski definition) is 2. The lowest BCUT2D eigenvalue weighted by atomic mass is 9.82. The molecular formula is C11H16Cl3NO4. The van der Waals surface area contributed by atoms with Crippen molar-refractivity contribution in [2.45, 2.75) is 29.5 Å². The average molecular weight is 333 g/mol. The van der Waals surface area contributed by atoms with Gasteiger partial charge >= 0.3 is 12.1 Å². The van der Waals surface area contributed by atoms with E-state index in [1.165, 1.54) is 0 Å². The summed E-state index contributed by atoms with van der Waals surface area (Å²) in [4.78, 5) is 22.1. The van der Waals surface area contributed by atoms with Crippen LogP contribution in [0.25, 0.3) is 0 Å². The van der Waals surface area contributed by atoms with E-state index in [1.807, 2.05) is 0 Å². The van der Waals surface area contributed by atoms with Gasteiger partial charge in [-0.25, -0.2) is 4.79 Å². The maximum atomic E-state index is 11.3. The van der Waals surface area contributed by atoms with Crippen LogP contribution in [0, 0.1) is 11.8 Å². The van der Waals surface area contributed by atoms with Crippen molar-refractivity contribution < 1.29 is 19.4 Å². The second kappa shape index (κ2) is 7.41. The van der Waals surface area contributed by atoms with Crippen LogP contribution in [0.5, 0.6) is 0 Å². The third-order valence-electron chi connectivity index (χ3n) is 3.10. The Kier molecular flexibility index (Phi) is 6.50. The highest BCUT2D eigenvalue weighted by Crippen LogP contribution is 2.28. The number of alkyl carbamates (subject to hydrolysis) is 1. The summed E-state index contributed by atoms with van der Waals surface area (Å²) in [5, 5.41) is 11.4. The van der Waals surface area contributed by atoms with E-state index in [4.69, 9.17) is 44.6 Å². The maximum absolute atomic E-state index is 11.3. The van der Waals surface area contributed by atoms with Crippen LogP contribution in [0.4, 0.5) is 4.79 Å². The van der Waals surface area contributed by atoms with E-state index in [0.29, 0.717) is 19.4 Å². The number of carboxylic acid groups (broad SMARTS) is 1. The molecule has 8 heteroatoms. The molecular weight excluding hydrogens is 316 g/mol. The highest BCUT2D eigenvalue weighted by atomic mass is 35.6. The largest absolute Gasteiger partial charge is 0.481 e. The van der Waals surface area contributed by atoms with Crippen LogP contribution >= 0.6 is 34.8 Å². The summed E-state index contributed by atoms with van der Waals surface area (Å²) in [6, 6.07) is 0. The van der Waals surface area contributed by atoms with Gasteiger partial charge in [0.25, 0.3) is 0 Å². The molecule has 0 aromatic carbocycles. The molecule has 1 amide bonds. The highest BCUT2D eigenvalue weighted by molar-refractivity contribution is 6.67. The van der Waals surface area contributed by atoms with Gasteiger partial charge in [0.05, 0.1) is 5.92 Å². The van der Waals surface area contributed by atoms with E-state index in [9.17, 15) is 9.59 Å². The van der Waals surface area contributed by atoms with Crippen LogP contribution in [-0.2, 0) is 9.53 Å². The Hall–Kier alpha value is -0.390. The number of rotatable bonds is 4. The van der Waals surface area contributed by atoms with Gasteiger partial charge in [0, 0.05) is 6.54 Å². The second-order valence-electron chi connectivity index (χ2n) is 4.63. The molecule has 0 saturated heterocycles. The summed E-state index contributed by atoms with van der Waals surface area (Å²) in [7, 11) is 0. The first-order valence-electron chi connectivity index (χ1n) is 5.98. The number of halogens is 3. The number of alkyl halides is 3. The zero-order chi connectivity index (χ0) is 14.5. The predicted molar refractivity (Wildman–Crippen MR) is 72.7 cm³/mol. The fraction of sp³-hybridized carbons (Fsp3) is 0.818. The molecule has 0 radical (unpaired) electrons. The first-order chi connectivity index (χ1) is 8.78. The summed E-state index contributed by atoms with van der Waals surface area (Å²) in [6.45, 7) is 0.139. The fourth-order valence-corrected chi connectivity index (χ4v) is 2.20. The van der Waals surface area contributed by atoms with Gasteiger partial charge in [-0.1, -0.05) is 34.8 Å². The van der Waals surface area contributed by atoms with Crippen LogP contribution in [-0.4, -0.2) is 34.1 Å². The summed E-state index contributed by atoms with van der Waals surface area (Å²) in [5.74, 6) is -0.725. The van der Waals surface area contributed by atoms with Crippen molar-refractivity contribution in [3.63, 3.8) is 0 Å². The molecule has 1 rings (SSSR count). The Balaban J connectivity index is 2.17. The predicted octanol–water partition coefficient (Wildman–Crippen LogP) is 2.97. The SMILES string of the molecule is O=C(NC[C@H]1CC[C@H](C(=O)O)CC1)OCC(Cl)(Cl)Cl. The van der Waals surface area contributed by atoms with E-state index < -0.39 is 15.9 Å². The fourth-order valence-electron chi connectivity index (χ4n) is 2.04. The van der Waals surface area contributed by atoms with Crippen molar-refractivity contribution in [1.29, 1.82) is 0 Å². The molecule has 1 saturated carbocycles. The third kappa shape index (κ3) is 7.09. The molecule has 110 valence electrons. The van der Waals surface area contributed by atoms with Gasteiger partial charge in [0.2, 0.25) is 3.79 Å². The molecule has 0 aromatic heterocycles. The van der Waals surface area contributed by atoms with Crippen molar-refractivity contribution in [3.05, 3.63) is 0 Å². The van der Waals surface area contributed by atoms with Crippen molar-refractivity contribution in [2.75, 3.05) is 13.2 Å². The van der Waals surface area contributed by atoms with Crippen molar-refractivity contribution >= 4 is 46.9 Å². The smallest absolute Gasteiger partial charge is 0.407 e. The van der Waals surface area contributed by atoms with Crippen LogP contribution in [0.3, 0.4) is 0 Å². The van der Waals surface area contributed by atoms with Gasteiger partial charge in [-0.15, -0.1) is 0 Å². The number of carbonyl (C=O) groups is 2. The Morgan fingerprint density at radius 1 is 1.21 bits per heavy atom. The van der Waals surface area contributed by atoms with Crippen molar-refractivity contribution in [2.24, 2.45) is 11.8 Å². The number of amides is 1. The second-order valence-corrected chi connectivity index (χ2v) is 7.14. The van der Waals surface area contributed by atoms with Crippen LogP contribution < -0.4 is 5.32 Å². The molecule has 1 aliphatic rings. The monoisotopic (exact) mass is 331 g/mol. The molecule has 0 atom stereocenters. The molecule has 0 aromatic rings. The molecule has 0 aliphatic heterocycles. The number of carboxylic acids is 1. The van der Waals surface area contributed by atoms with Crippen LogP contribution in [0.1, 0.15) is 25.7 Å². The minimum Gasteiger partial charge on any atom is -0.481 e. The molecule has 0 bridgehead atoms. The topological polar surface area (TPSA) is 75.6 Å². The zero-order valence-electron chi connectivity index (χ0n) is 10.2. The molecule has 0 spiro atoms. The summed E-state index contributed by atoms with van der Waals surface area (Å²) in [6.07, 6.45) is 2.21. The summed E-state index contributed by atoms with van der Waals surface area (Å²) in [5.41, 5.74) is 0. The minimum absolute atomic E-state index is 0.257. The molecule has 2 N–H and O–H groups in total. The quantitative estimate of drug-likeness (QED) is 0.776. The van der Waals surface area contributed by atoms with E-state index >= 15 is 0 Å². The Morgan fingerprint density at radius 2 is 1.79 bits per heavy atom. The van der Waals surface area contributed by atoms with Gasteiger partial charge in [-0.05, 0) is 31.6 Å². The lowest BCUT2D eigenvalue weighted by Crippen LogP contribution is -2.34. The van der Waals surface area contributed by atoms with Crippen molar-refractivity contribution in [3.8, 4) is 0 Å². The zero-order valence-corrected chi connectivity index (χ0v) is 12.5. The average Bonchev–Trinajstić information content (AvgIpc) is 2.33. The molecule has 0 unspecified atom stereocenters. The first-order valence-corrected chi connectivity index (χ1v) is 7.11. The highest BCUT2D eigenvalue weighted by Gasteiger charge is 2.26. The normalized spacial score (nSPS) is 23.7. The Bertz CT molecular complexity index is 324. The number of carbonyl (C=O) groups excluding carboxylic acids is 1. The van der Waals surface area contributed by atoms with E-state index in [2.05, 4.69) is 5.32 Å². The van der Waals surface area contributed by atoms with Gasteiger partial charge < -0.3 is 15.2 Å². The molecule has 19 heavy (non-hydrogen) atoms. The number of hydrogen-bond acceptors (Lipinski definition) is 3. The van der Waals surface area contributed by atoms with E-state index in [1.54, 1.807) is 0 Å². The first kappa shape index (κ1) is 16.7. The Labute approximate surface area is 126 Å². The molecule has 1 fully saturated rings. The number of ether oxygens (including phenoxy) is 1. The van der Waals surface area contributed by atoms with Gasteiger partial charge in [-0.3, -0.25) is 4.79 Å². The summed E-state index contributed by atoms with van der Waals surface area (Å²) < 4.78 is 3.10. The Morgan fingerprint density at radius 3 is 2.26 bits per heavy atom. The number of aliphatic carboxylic acids is 1. The molecule has 1 aliphatic carbocycles. The van der Waals surface area contributed by atoms with Gasteiger partial charge in [0.15, 0.2) is 0 Å². The van der Waals surface area contributed by atoms with Crippen LogP contribution in [0.15, 0.2) is 0 Å². The van der Waals surface area contributed by atoms with Gasteiger partial charge in [0.1, 0.15) is 6.61 Å². The summed E-state index contributed by atoms with van der Waals surface area (Å²) >= 11 is 16.3. The van der Waals surface area contributed by atoms with E-state index in [-0.39, 0.29) is 18.4 Å². The number of nitrogens with one attached hydrogen (secondary N) is 1. The standard InChI is InChI=1S/C11H16Cl3NO4/c12-11(13,14)6-19-10(18)15-5-7-1-3-8(4-2-7)9(16)17/h7-8H,1-6H2,(H,15,18)(H,16,17)/t7-,8-. The minimum atomic E-state index is -1.61. The van der Waals surface area contributed by atoms with E-state index in [0.717, 1.165) is 12.8 Å². The molecule has 5 nitrogen and oxygen atoms in total. The lowest BCUT2D eigenvalue weighted by molar-refractivity contribution is -0.143. The van der Waals surface area contributed by atoms with Crippen molar-refractivity contribution in [1.82, 2.24) is 5.32 Å². The third-order valence-corrected chi connectivity index (χ3v) is 3.43. The maximum Gasteiger partial charge on any atom is 0.407 e. The van der Waals surface area contributed by atoms with Gasteiger partial charge in [-0.2, -0.15) is 0 Å². The lowest BCUT2D eigenvalue weighted by Gasteiger charge is -2.26. The van der Waals surface area contributed by atoms with Crippen LogP contribution in [0.2, 0.25) is 0 Å².